The van der Waals surface area contributed by atoms with Crippen molar-refractivity contribution in [3.63, 3.8) is 0 Å². The van der Waals surface area contributed by atoms with Gasteiger partial charge in [-0.15, -0.1) is 0 Å². The van der Waals surface area contributed by atoms with Crippen molar-refractivity contribution in [2.75, 3.05) is 6.54 Å². The summed E-state index contributed by atoms with van der Waals surface area (Å²) in [6.45, 7) is 0.893. The number of aromatic nitrogens is 1. The van der Waals surface area contributed by atoms with Crippen molar-refractivity contribution < 1.29 is 13.9 Å². The predicted octanol–water partition coefficient (Wildman–Crippen LogP) is 2.53. The number of ether oxygens (including phenoxy) is 1. The minimum atomic E-state index is -0.413. The molecule has 1 saturated carbocycles. The number of rotatable bonds is 3. The van der Waals surface area contributed by atoms with Gasteiger partial charge in [0, 0.05) is 25.2 Å². The number of pyridine rings is 1. The minimum absolute atomic E-state index is 0.00774. The van der Waals surface area contributed by atoms with Gasteiger partial charge in [0.15, 0.2) is 5.82 Å². The second-order valence-electron chi connectivity index (χ2n) is 5.53. The molecule has 0 unspecified atom stereocenters. The van der Waals surface area contributed by atoms with Gasteiger partial charge in [0.05, 0.1) is 0 Å². The molecule has 0 N–H and O–H groups in total. The van der Waals surface area contributed by atoms with E-state index < -0.39 is 5.82 Å². The fraction of sp³-hybridized carbons (Fsp3) is 0.600. The van der Waals surface area contributed by atoms with Gasteiger partial charge in [0.25, 0.3) is 5.88 Å². The lowest BCUT2D eigenvalue weighted by Gasteiger charge is -2.34. The molecular formula is C15H19FN2O2. The molecule has 1 aliphatic carbocycles. The molecule has 20 heavy (non-hydrogen) atoms. The van der Waals surface area contributed by atoms with Crippen LogP contribution in [0.3, 0.4) is 0 Å². The summed E-state index contributed by atoms with van der Waals surface area (Å²) >= 11 is 0. The van der Waals surface area contributed by atoms with E-state index in [0.29, 0.717) is 12.5 Å². The number of hydrogen-bond acceptors (Lipinski definition) is 3. The highest BCUT2D eigenvalue weighted by Crippen LogP contribution is 2.29. The summed E-state index contributed by atoms with van der Waals surface area (Å²) in [5, 5.41) is 0. The van der Waals surface area contributed by atoms with Crippen LogP contribution in [0.1, 0.15) is 38.5 Å². The summed E-state index contributed by atoms with van der Waals surface area (Å²) < 4.78 is 19.1. The molecule has 5 heteroatoms. The van der Waals surface area contributed by atoms with Gasteiger partial charge in [0.2, 0.25) is 5.91 Å². The quantitative estimate of drug-likeness (QED) is 0.853. The van der Waals surface area contributed by atoms with Gasteiger partial charge in [-0.05, 0) is 44.2 Å². The molecule has 1 amide bonds. The highest BCUT2D eigenvalue weighted by Gasteiger charge is 2.32. The van der Waals surface area contributed by atoms with E-state index in [1.54, 1.807) is 6.07 Å². The average Bonchev–Trinajstić information content (AvgIpc) is 2.89. The zero-order chi connectivity index (χ0) is 13.9. The van der Waals surface area contributed by atoms with E-state index in [-0.39, 0.29) is 17.9 Å². The number of amides is 1. The largest absolute Gasteiger partial charge is 0.472 e. The lowest BCUT2D eigenvalue weighted by Crippen LogP contribution is -2.40. The Hall–Kier alpha value is -1.65. The van der Waals surface area contributed by atoms with Crippen molar-refractivity contribution in [3.8, 4) is 5.88 Å². The first-order valence-electron chi connectivity index (χ1n) is 7.30. The van der Waals surface area contributed by atoms with Gasteiger partial charge in [-0.2, -0.15) is 0 Å². The second-order valence-corrected chi connectivity index (χ2v) is 5.53. The minimum Gasteiger partial charge on any atom is -0.472 e. The van der Waals surface area contributed by atoms with Crippen LogP contribution in [0.5, 0.6) is 5.88 Å². The van der Waals surface area contributed by atoms with Crippen LogP contribution < -0.4 is 4.74 Å². The topological polar surface area (TPSA) is 42.4 Å². The molecular weight excluding hydrogens is 259 g/mol. The zero-order valence-corrected chi connectivity index (χ0v) is 11.4. The normalized spacial score (nSPS) is 26.9. The third-order valence-electron chi connectivity index (χ3n) is 4.20. The zero-order valence-electron chi connectivity index (χ0n) is 11.4. The van der Waals surface area contributed by atoms with Gasteiger partial charge < -0.3 is 9.64 Å². The van der Waals surface area contributed by atoms with Gasteiger partial charge >= 0.3 is 0 Å². The number of likely N-dealkylation sites (tertiary alicyclic amines) is 1. The van der Waals surface area contributed by atoms with E-state index in [9.17, 15) is 9.18 Å². The maximum absolute atomic E-state index is 13.5. The van der Waals surface area contributed by atoms with E-state index in [1.807, 2.05) is 4.90 Å². The maximum Gasteiger partial charge on any atom is 0.250 e. The van der Waals surface area contributed by atoms with E-state index in [1.165, 1.54) is 12.3 Å². The Morgan fingerprint density at radius 1 is 1.30 bits per heavy atom. The van der Waals surface area contributed by atoms with E-state index in [2.05, 4.69) is 4.98 Å². The van der Waals surface area contributed by atoms with Crippen molar-refractivity contribution in [2.24, 2.45) is 0 Å². The molecule has 1 aromatic heterocycles. The summed E-state index contributed by atoms with van der Waals surface area (Å²) in [6.07, 6.45) is 6.79. The van der Waals surface area contributed by atoms with E-state index in [4.69, 9.17) is 4.74 Å². The van der Waals surface area contributed by atoms with Crippen LogP contribution in [0, 0.1) is 5.82 Å². The monoisotopic (exact) mass is 278 g/mol. The van der Waals surface area contributed by atoms with Crippen molar-refractivity contribution in [1.82, 2.24) is 9.88 Å². The second kappa shape index (κ2) is 5.77. The molecule has 4 nitrogen and oxygen atoms in total. The molecule has 2 aliphatic rings. The maximum atomic E-state index is 13.5. The molecule has 0 aromatic carbocycles. The summed E-state index contributed by atoms with van der Waals surface area (Å²) in [4.78, 5) is 17.7. The van der Waals surface area contributed by atoms with Gasteiger partial charge in [0.1, 0.15) is 6.10 Å². The molecule has 0 radical (unpaired) electrons. The fourth-order valence-corrected chi connectivity index (χ4v) is 3.15. The smallest absolute Gasteiger partial charge is 0.250 e. The Morgan fingerprint density at radius 2 is 2.10 bits per heavy atom. The van der Waals surface area contributed by atoms with Gasteiger partial charge in [-0.3, -0.25) is 4.79 Å². The number of halogens is 1. The van der Waals surface area contributed by atoms with E-state index >= 15 is 0 Å². The van der Waals surface area contributed by atoms with Crippen LogP contribution >= 0.6 is 0 Å². The first kappa shape index (κ1) is 13.3. The molecule has 0 spiro atoms. The third kappa shape index (κ3) is 2.76. The molecule has 1 aromatic rings. The van der Waals surface area contributed by atoms with Crippen LogP contribution in [0.4, 0.5) is 4.39 Å². The van der Waals surface area contributed by atoms with Crippen LogP contribution in [0.15, 0.2) is 18.3 Å². The Labute approximate surface area is 117 Å². The first-order chi connectivity index (χ1) is 9.74. The van der Waals surface area contributed by atoms with Crippen molar-refractivity contribution in [2.45, 2.75) is 50.7 Å². The van der Waals surface area contributed by atoms with Crippen LogP contribution in [0.25, 0.3) is 0 Å². The highest BCUT2D eigenvalue weighted by molar-refractivity contribution is 5.78. The van der Waals surface area contributed by atoms with Gasteiger partial charge in [-0.1, -0.05) is 0 Å². The summed E-state index contributed by atoms with van der Waals surface area (Å²) in [6, 6.07) is 3.26. The summed E-state index contributed by atoms with van der Waals surface area (Å²) in [7, 11) is 0. The van der Waals surface area contributed by atoms with Crippen molar-refractivity contribution >= 4 is 5.91 Å². The SMILES string of the molecule is O=C1CCCN1C1CCC(Oc2ncccc2F)CC1. The van der Waals surface area contributed by atoms with E-state index in [0.717, 1.165) is 38.6 Å². The lowest BCUT2D eigenvalue weighted by molar-refractivity contribution is -0.130. The number of nitrogens with zero attached hydrogens (tertiary/aromatic N) is 2. The molecule has 1 saturated heterocycles. The fourth-order valence-electron chi connectivity index (χ4n) is 3.15. The number of carbonyl (C=O) groups is 1. The molecule has 1 aliphatic heterocycles. The average molecular weight is 278 g/mol. The summed E-state index contributed by atoms with van der Waals surface area (Å²) in [5.41, 5.74) is 0. The van der Waals surface area contributed by atoms with Crippen molar-refractivity contribution in [1.29, 1.82) is 0 Å². The van der Waals surface area contributed by atoms with Crippen LogP contribution in [-0.4, -0.2) is 34.5 Å². The Bertz CT molecular complexity index is 487. The first-order valence-corrected chi connectivity index (χ1v) is 7.30. The summed E-state index contributed by atoms with van der Waals surface area (Å²) in [5.74, 6) is -0.0392. The number of carbonyl (C=O) groups excluding carboxylic acids is 1. The molecule has 2 fully saturated rings. The van der Waals surface area contributed by atoms with Crippen molar-refractivity contribution in [3.05, 3.63) is 24.1 Å². The molecule has 3 rings (SSSR count). The number of hydrogen-bond donors (Lipinski definition) is 0. The molecule has 0 atom stereocenters. The molecule has 108 valence electrons. The van der Waals surface area contributed by atoms with Crippen LogP contribution in [0.2, 0.25) is 0 Å². The standard InChI is InChI=1S/C15H19FN2O2/c16-13-3-1-9-17-15(13)20-12-7-5-11(6-8-12)18-10-2-4-14(18)19/h1,3,9,11-12H,2,4-8,10H2. The van der Waals surface area contributed by atoms with Crippen LogP contribution in [-0.2, 0) is 4.79 Å². The Balaban J connectivity index is 1.54. The molecule has 2 heterocycles. The lowest BCUT2D eigenvalue weighted by atomic mass is 9.92. The highest BCUT2D eigenvalue weighted by atomic mass is 19.1. The van der Waals surface area contributed by atoms with Gasteiger partial charge in [-0.25, -0.2) is 9.37 Å². The molecule has 0 bridgehead atoms. The predicted molar refractivity (Wildman–Crippen MR) is 71.8 cm³/mol. The third-order valence-corrected chi connectivity index (χ3v) is 4.20. The Kier molecular flexibility index (Phi) is 3.85. The Morgan fingerprint density at radius 3 is 2.75 bits per heavy atom.